The molecule has 1 unspecified atom stereocenters. The fourth-order valence-corrected chi connectivity index (χ4v) is 1.65. The molecule has 0 saturated heterocycles. The van der Waals surface area contributed by atoms with Crippen molar-refractivity contribution in [3.63, 3.8) is 0 Å². The van der Waals surface area contributed by atoms with Crippen molar-refractivity contribution in [2.75, 3.05) is 13.7 Å². The molecule has 0 bridgehead atoms. The fraction of sp³-hybridized carbons (Fsp3) is 0.643. The highest BCUT2D eigenvalue weighted by atomic mass is 16.5. The summed E-state index contributed by atoms with van der Waals surface area (Å²) in [5.41, 5.74) is 1.21. The van der Waals surface area contributed by atoms with Gasteiger partial charge in [-0.1, -0.05) is 26.2 Å². The van der Waals surface area contributed by atoms with E-state index in [4.69, 9.17) is 4.74 Å². The van der Waals surface area contributed by atoms with Crippen LogP contribution in [0.1, 0.15) is 51.1 Å². The second-order valence-electron chi connectivity index (χ2n) is 4.35. The number of aromatic nitrogens is 1. The van der Waals surface area contributed by atoms with E-state index in [0.717, 1.165) is 18.9 Å². The van der Waals surface area contributed by atoms with E-state index >= 15 is 0 Å². The van der Waals surface area contributed by atoms with Gasteiger partial charge in [-0.15, -0.1) is 0 Å². The number of nitrogens with zero attached hydrogens (tertiary/aromatic N) is 1. The van der Waals surface area contributed by atoms with Gasteiger partial charge < -0.3 is 10.1 Å². The summed E-state index contributed by atoms with van der Waals surface area (Å²) in [6.45, 7) is 5.11. The van der Waals surface area contributed by atoms with Gasteiger partial charge in [0.05, 0.1) is 6.61 Å². The van der Waals surface area contributed by atoms with Crippen LogP contribution in [0, 0.1) is 0 Å². The van der Waals surface area contributed by atoms with E-state index in [1.54, 1.807) is 0 Å². The lowest BCUT2D eigenvalue weighted by Crippen LogP contribution is -2.12. The molecule has 1 rings (SSSR count). The Morgan fingerprint density at radius 3 is 2.88 bits per heavy atom. The maximum absolute atomic E-state index is 5.65. The molecular weight excluding hydrogens is 212 g/mol. The van der Waals surface area contributed by atoms with Crippen molar-refractivity contribution >= 4 is 0 Å². The van der Waals surface area contributed by atoms with Crippen molar-refractivity contribution in [3.8, 4) is 5.88 Å². The minimum Gasteiger partial charge on any atom is -0.478 e. The van der Waals surface area contributed by atoms with E-state index in [2.05, 4.69) is 24.1 Å². The van der Waals surface area contributed by atoms with Crippen molar-refractivity contribution in [1.29, 1.82) is 0 Å². The summed E-state index contributed by atoms with van der Waals surface area (Å²) < 4.78 is 5.65. The number of pyridine rings is 1. The molecule has 1 aromatic heterocycles. The Kier molecular flexibility index (Phi) is 6.63. The Balaban J connectivity index is 2.38. The van der Waals surface area contributed by atoms with Crippen LogP contribution in [0.2, 0.25) is 0 Å². The third-order valence-corrected chi connectivity index (χ3v) is 2.94. The molecule has 0 saturated carbocycles. The highest BCUT2D eigenvalue weighted by Crippen LogP contribution is 2.16. The Morgan fingerprint density at radius 1 is 1.35 bits per heavy atom. The first-order chi connectivity index (χ1) is 8.27. The van der Waals surface area contributed by atoms with Gasteiger partial charge in [-0.05, 0) is 32.0 Å². The molecule has 0 aliphatic heterocycles. The summed E-state index contributed by atoms with van der Waals surface area (Å²) in [4.78, 5) is 4.22. The molecule has 1 atom stereocenters. The highest BCUT2D eigenvalue weighted by molar-refractivity contribution is 5.23. The SMILES string of the molecule is CCCCCCOc1cc(C(C)NC)ccn1. The Bertz CT molecular complexity index is 315. The smallest absolute Gasteiger partial charge is 0.213 e. The molecule has 0 amide bonds. The van der Waals surface area contributed by atoms with Crippen LogP contribution in [0.15, 0.2) is 18.3 Å². The molecule has 0 fully saturated rings. The minimum absolute atomic E-state index is 0.334. The number of hydrogen-bond acceptors (Lipinski definition) is 3. The van der Waals surface area contributed by atoms with E-state index in [-0.39, 0.29) is 0 Å². The lowest BCUT2D eigenvalue weighted by Gasteiger charge is -2.11. The van der Waals surface area contributed by atoms with Crippen LogP contribution in [0.25, 0.3) is 0 Å². The van der Waals surface area contributed by atoms with Gasteiger partial charge in [-0.2, -0.15) is 0 Å². The van der Waals surface area contributed by atoms with Gasteiger partial charge in [0, 0.05) is 18.3 Å². The van der Waals surface area contributed by atoms with Crippen LogP contribution < -0.4 is 10.1 Å². The summed E-state index contributed by atoms with van der Waals surface area (Å²) in [7, 11) is 1.95. The second kappa shape index (κ2) is 8.07. The highest BCUT2D eigenvalue weighted by Gasteiger charge is 2.04. The first-order valence-corrected chi connectivity index (χ1v) is 6.54. The number of hydrogen-bond donors (Lipinski definition) is 1. The quantitative estimate of drug-likeness (QED) is 0.703. The van der Waals surface area contributed by atoms with Crippen LogP contribution in [0.5, 0.6) is 5.88 Å². The van der Waals surface area contributed by atoms with Crippen LogP contribution in [-0.2, 0) is 0 Å². The molecule has 0 aromatic carbocycles. The third-order valence-electron chi connectivity index (χ3n) is 2.94. The van der Waals surface area contributed by atoms with Crippen molar-refractivity contribution in [1.82, 2.24) is 10.3 Å². The standard InChI is InChI=1S/C14H24N2O/c1-4-5-6-7-10-17-14-11-13(8-9-16-14)12(2)15-3/h8-9,11-12,15H,4-7,10H2,1-3H3. The van der Waals surface area contributed by atoms with Gasteiger partial charge in [0.15, 0.2) is 0 Å². The molecule has 3 nitrogen and oxygen atoms in total. The maximum atomic E-state index is 5.65. The third kappa shape index (κ3) is 5.18. The summed E-state index contributed by atoms with van der Waals surface area (Å²) in [6.07, 6.45) is 6.70. The number of unbranched alkanes of at least 4 members (excludes halogenated alkanes) is 3. The first kappa shape index (κ1) is 14.0. The molecule has 1 N–H and O–H groups in total. The molecule has 0 aliphatic carbocycles. The second-order valence-corrected chi connectivity index (χ2v) is 4.35. The normalized spacial score (nSPS) is 12.4. The Morgan fingerprint density at radius 2 is 2.18 bits per heavy atom. The van der Waals surface area contributed by atoms with E-state index in [0.29, 0.717) is 6.04 Å². The lowest BCUT2D eigenvalue weighted by atomic mass is 10.1. The molecule has 1 heterocycles. The zero-order valence-electron chi connectivity index (χ0n) is 11.2. The molecule has 1 aromatic rings. The summed E-state index contributed by atoms with van der Waals surface area (Å²) in [5, 5.41) is 3.21. The predicted octanol–water partition coefficient (Wildman–Crippen LogP) is 3.32. The van der Waals surface area contributed by atoms with Crippen molar-refractivity contribution in [2.24, 2.45) is 0 Å². The van der Waals surface area contributed by atoms with E-state index in [9.17, 15) is 0 Å². The van der Waals surface area contributed by atoms with Crippen LogP contribution in [0.4, 0.5) is 0 Å². The average molecular weight is 236 g/mol. The van der Waals surface area contributed by atoms with E-state index < -0.39 is 0 Å². The monoisotopic (exact) mass is 236 g/mol. The molecule has 17 heavy (non-hydrogen) atoms. The van der Waals surface area contributed by atoms with Gasteiger partial charge in [0.25, 0.3) is 0 Å². The lowest BCUT2D eigenvalue weighted by molar-refractivity contribution is 0.293. The van der Waals surface area contributed by atoms with Crippen LogP contribution >= 0.6 is 0 Å². The zero-order chi connectivity index (χ0) is 12.5. The van der Waals surface area contributed by atoms with E-state index in [1.807, 2.05) is 25.4 Å². The minimum atomic E-state index is 0.334. The van der Waals surface area contributed by atoms with Crippen LogP contribution in [-0.4, -0.2) is 18.6 Å². The Labute approximate surface area is 105 Å². The number of ether oxygens (including phenoxy) is 1. The molecule has 0 spiro atoms. The van der Waals surface area contributed by atoms with Crippen molar-refractivity contribution in [3.05, 3.63) is 23.9 Å². The summed E-state index contributed by atoms with van der Waals surface area (Å²) in [5.74, 6) is 0.737. The fourth-order valence-electron chi connectivity index (χ4n) is 1.65. The molecular formula is C14H24N2O. The molecule has 3 heteroatoms. The summed E-state index contributed by atoms with van der Waals surface area (Å²) >= 11 is 0. The summed E-state index contributed by atoms with van der Waals surface area (Å²) in [6, 6.07) is 4.37. The maximum Gasteiger partial charge on any atom is 0.213 e. The number of nitrogens with one attached hydrogen (secondary N) is 1. The largest absolute Gasteiger partial charge is 0.478 e. The van der Waals surface area contributed by atoms with Gasteiger partial charge in [0.1, 0.15) is 0 Å². The van der Waals surface area contributed by atoms with Crippen molar-refractivity contribution in [2.45, 2.75) is 45.6 Å². The van der Waals surface area contributed by atoms with E-state index in [1.165, 1.54) is 24.8 Å². The molecule has 0 aliphatic rings. The van der Waals surface area contributed by atoms with Crippen molar-refractivity contribution < 1.29 is 4.74 Å². The first-order valence-electron chi connectivity index (χ1n) is 6.54. The molecule has 96 valence electrons. The predicted molar refractivity (Wildman–Crippen MR) is 71.3 cm³/mol. The number of rotatable bonds is 8. The Hall–Kier alpha value is -1.09. The van der Waals surface area contributed by atoms with Crippen LogP contribution in [0.3, 0.4) is 0 Å². The topological polar surface area (TPSA) is 34.1 Å². The van der Waals surface area contributed by atoms with Gasteiger partial charge in [0.2, 0.25) is 5.88 Å². The molecule has 0 radical (unpaired) electrons. The average Bonchev–Trinajstić information content (AvgIpc) is 2.38. The van der Waals surface area contributed by atoms with Gasteiger partial charge >= 0.3 is 0 Å². The van der Waals surface area contributed by atoms with Gasteiger partial charge in [-0.3, -0.25) is 0 Å². The van der Waals surface area contributed by atoms with Gasteiger partial charge in [-0.25, -0.2) is 4.98 Å². The zero-order valence-corrected chi connectivity index (χ0v) is 11.2.